The summed E-state index contributed by atoms with van der Waals surface area (Å²) in [6.07, 6.45) is 2.47. The van der Waals surface area contributed by atoms with Crippen LogP contribution in [0.15, 0.2) is 83.8 Å². The third-order valence-corrected chi connectivity index (χ3v) is 13.0. The van der Waals surface area contributed by atoms with Gasteiger partial charge in [0, 0.05) is 42.9 Å². The van der Waals surface area contributed by atoms with E-state index < -0.39 is 31.6 Å². The topological polar surface area (TPSA) is 151 Å². The molecular formula is C44H46N4O10S. The van der Waals surface area contributed by atoms with E-state index in [0.717, 1.165) is 47.7 Å². The molecule has 0 spiro atoms. The Morgan fingerprint density at radius 1 is 0.729 bits per heavy atom. The smallest absolute Gasteiger partial charge is 0.289 e. The Labute approximate surface area is 343 Å². The standard InChI is InChI=1S/C44H46N4O10S/c1-46-17-15-27-21-36(53-3)39-24-31(27)34(46)19-26-11-13-30(14-12-26)57-38-23-29(20-35-42-28(16-18-47(35)2)22-40(55-5)43(56-6)44(42)58-39)32(25-37(38)54-4)45-59(51,52)41-10-8-7-9-33(41)48(49)50/h7-14,21-25,34-35,45H,15-20H2,1-6H3/t34-,35-/m0/s1. The Bertz CT molecular complexity index is 2550. The van der Waals surface area contributed by atoms with Crippen molar-refractivity contribution in [2.75, 3.05) is 60.3 Å². The number of para-hydroxylation sites is 1. The number of nitrogens with zero attached hydrogens (tertiary/aromatic N) is 3. The lowest BCUT2D eigenvalue weighted by atomic mass is 9.87. The van der Waals surface area contributed by atoms with Gasteiger partial charge in [0.05, 0.1) is 39.0 Å². The molecule has 2 atom stereocenters. The van der Waals surface area contributed by atoms with Crippen LogP contribution in [-0.2, 0) is 35.7 Å². The molecule has 0 saturated heterocycles. The van der Waals surface area contributed by atoms with E-state index in [1.807, 2.05) is 37.4 Å². The van der Waals surface area contributed by atoms with Crippen molar-refractivity contribution in [3.63, 3.8) is 0 Å². The summed E-state index contributed by atoms with van der Waals surface area (Å²) < 4.78 is 68.1. The lowest BCUT2D eigenvalue weighted by Gasteiger charge is -2.37. The fraction of sp³-hybridized carbons (Fsp3) is 0.318. The number of methoxy groups -OCH3 is 4. The van der Waals surface area contributed by atoms with Crippen LogP contribution < -0.4 is 33.1 Å². The third-order valence-electron chi connectivity index (χ3n) is 11.6. The lowest BCUT2D eigenvalue weighted by molar-refractivity contribution is -0.387. The number of likely N-dealkylation sites (N-methyl/N-ethyl adjacent to an activating group) is 2. The summed E-state index contributed by atoms with van der Waals surface area (Å²) in [6.45, 7) is 1.54. The van der Waals surface area contributed by atoms with E-state index in [9.17, 15) is 18.5 Å². The molecule has 14 nitrogen and oxygen atoms in total. The van der Waals surface area contributed by atoms with Crippen LogP contribution in [0.2, 0.25) is 0 Å². The number of anilines is 1. The van der Waals surface area contributed by atoms with Gasteiger partial charge in [-0.2, -0.15) is 0 Å². The van der Waals surface area contributed by atoms with Crippen LogP contribution in [0.1, 0.15) is 45.5 Å². The molecule has 4 heterocycles. The first-order valence-corrected chi connectivity index (χ1v) is 20.7. The minimum Gasteiger partial charge on any atom is -0.493 e. The lowest BCUT2D eigenvalue weighted by Crippen LogP contribution is -2.34. The van der Waals surface area contributed by atoms with Crippen LogP contribution in [0.4, 0.5) is 11.4 Å². The van der Waals surface area contributed by atoms with Crippen LogP contribution in [0, 0.1) is 10.1 Å². The number of hydrogen-bond acceptors (Lipinski definition) is 12. The van der Waals surface area contributed by atoms with Gasteiger partial charge in [-0.1, -0.05) is 24.3 Å². The van der Waals surface area contributed by atoms with Crippen LogP contribution in [0.25, 0.3) is 0 Å². The van der Waals surface area contributed by atoms with E-state index in [-0.39, 0.29) is 23.9 Å². The first kappa shape index (κ1) is 39.8. The van der Waals surface area contributed by atoms with Gasteiger partial charge < -0.3 is 28.4 Å². The highest BCUT2D eigenvalue weighted by Gasteiger charge is 2.36. The fourth-order valence-electron chi connectivity index (χ4n) is 8.47. The molecule has 15 heteroatoms. The molecule has 5 aromatic rings. The minimum absolute atomic E-state index is 0.0500. The zero-order valence-corrected chi connectivity index (χ0v) is 34.6. The largest absolute Gasteiger partial charge is 0.493 e. The number of nitro benzene ring substituents is 1. The molecule has 0 fully saturated rings. The molecule has 59 heavy (non-hydrogen) atoms. The first-order valence-electron chi connectivity index (χ1n) is 19.2. The maximum absolute atomic E-state index is 14.1. The molecule has 0 aliphatic carbocycles. The van der Waals surface area contributed by atoms with Crippen LogP contribution >= 0.6 is 0 Å². The molecular weight excluding hydrogens is 777 g/mol. The zero-order chi connectivity index (χ0) is 41.6. The molecule has 1 N–H and O–H groups in total. The van der Waals surface area contributed by atoms with Gasteiger partial charge in [-0.25, -0.2) is 8.42 Å². The number of benzene rings is 5. The number of nitrogens with one attached hydrogen (secondary N) is 1. The van der Waals surface area contributed by atoms with Gasteiger partial charge in [-0.3, -0.25) is 24.6 Å². The number of fused-ring (bicyclic) bond motifs is 2. The second-order valence-electron chi connectivity index (χ2n) is 15.0. The van der Waals surface area contributed by atoms with Crippen molar-refractivity contribution in [2.45, 2.75) is 42.7 Å². The maximum atomic E-state index is 14.1. The molecule has 0 aromatic heterocycles. The highest BCUT2D eigenvalue weighted by molar-refractivity contribution is 7.92. The van der Waals surface area contributed by atoms with Crippen molar-refractivity contribution < 1.29 is 41.8 Å². The van der Waals surface area contributed by atoms with Gasteiger partial charge >= 0.3 is 0 Å². The SMILES string of the molecule is COc1cc(NS(=O)(=O)c2ccccc2[N+](=O)[O-])c2cc1Oc1ccc(cc1)C[C@H]1c3cc(c(OC)cc3CCN1C)Oc1c(OC)c(OC)cc3c1[C@H](C2)N(C)CC3. The van der Waals surface area contributed by atoms with E-state index >= 15 is 0 Å². The molecule has 9 rings (SSSR count). The maximum Gasteiger partial charge on any atom is 0.289 e. The Balaban J connectivity index is 1.36. The van der Waals surface area contributed by atoms with Gasteiger partial charge in [-0.15, -0.1) is 0 Å². The second kappa shape index (κ2) is 16.0. The van der Waals surface area contributed by atoms with Gasteiger partial charge in [-0.05, 0) is 110 Å². The van der Waals surface area contributed by atoms with Crippen LogP contribution in [-0.4, -0.2) is 78.8 Å². The van der Waals surface area contributed by atoms with Crippen molar-refractivity contribution in [1.29, 1.82) is 0 Å². The number of rotatable bonds is 8. The highest BCUT2D eigenvalue weighted by atomic mass is 32.2. The number of nitro groups is 1. The zero-order valence-electron chi connectivity index (χ0n) is 33.7. The van der Waals surface area contributed by atoms with E-state index in [1.165, 1.54) is 30.9 Å². The number of ether oxygens (including phenoxy) is 6. The molecule has 0 saturated carbocycles. The average molecular weight is 823 g/mol. The molecule has 4 aliphatic heterocycles. The minimum atomic E-state index is -4.49. The Morgan fingerprint density at radius 2 is 1.37 bits per heavy atom. The molecule has 308 valence electrons. The van der Waals surface area contributed by atoms with Crippen LogP contribution in [0.5, 0.6) is 46.0 Å². The first-order chi connectivity index (χ1) is 28.4. The summed E-state index contributed by atoms with van der Waals surface area (Å²) in [7, 11) is 5.90. The quantitative estimate of drug-likeness (QED) is 0.120. The van der Waals surface area contributed by atoms with E-state index in [2.05, 4.69) is 33.7 Å². The van der Waals surface area contributed by atoms with Gasteiger partial charge in [0.15, 0.2) is 39.4 Å². The van der Waals surface area contributed by atoms with Crippen LogP contribution in [0.3, 0.4) is 0 Å². The van der Waals surface area contributed by atoms with Crippen molar-refractivity contribution in [3.8, 4) is 46.0 Å². The predicted octanol–water partition coefficient (Wildman–Crippen LogP) is 7.87. The summed E-state index contributed by atoms with van der Waals surface area (Å²) in [6, 6.07) is 22.2. The summed E-state index contributed by atoms with van der Waals surface area (Å²) in [5, 5.41) is 12.0. The fourth-order valence-corrected chi connectivity index (χ4v) is 9.74. The van der Waals surface area contributed by atoms with E-state index in [0.29, 0.717) is 58.8 Å². The monoisotopic (exact) mass is 822 g/mol. The molecule has 0 radical (unpaired) electrons. The van der Waals surface area contributed by atoms with Crippen molar-refractivity contribution in [1.82, 2.24) is 9.80 Å². The Morgan fingerprint density at radius 3 is 2.07 bits per heavy atom. The highest BCUT2D eigenvalue weighted by Crippen LogP contribution is 2.52. The van der Waals surface area contributed by atoms with Gasteiger partial charge in [0.1, 0.15) is 5.75 Å². The van der Waals surface area contributed by atoms with Gasteiger partial charge in [0.2, 0.25) is 5.75 Å². The number of sulfonamides is 1. The van der Waals surface area contributed by atoms with Crippen molar-refractivity contribution in [3.05, 3.63) is 122 Å². The predicted molar refractivity (Wildman–Crippen MR) is 222 cm³/mol. The van der Waals surface area contributed by atoms with Gasteiger partial charge in [0.25, 0.3) is 15.7 Å². The van der Waals surface area contributed by atoms with E-state index in [1.54, 1.807) is 33.5 Å². The average Bonchev–Trinajstić information content (AvgIpc) is 3.23. The summed E-state index contributed by atoms with van der Waals surface area (Å²) in [5.41, 5.74) is 5.35. The Kier molecular flexibility index (Phi) is 10.8. The van der Waals surface area contributed by atoms with Crippen molar-refractivity contribution >= 4 is 21.4 Å². The summed E-state index contributed by atoms with van der Waals surface area (Å²) in [4.78, 5) is 15.3. The molecule has 0 amide bonds. The summed E-state index contributed by atoms with van der Waals surface area (Å²) >= 11 is 0. The Hall–Kier alpha value is -6.03. The normalized spacial score (nSPS) is 17.7. The summed E-state index contributed by atoms with van der Waals surface area (Å²) in [5.74, 6) is 3.60. The number of hydrogen-bond donors (Lipinski definition) is 1. The second-order valence-corrected chi connectivity index (χ2v) is 16.6. The third kappa shape index (κ3) is 7.45. The molecule has 0 unspecified atom stereocenters. The van der Waals surface area contributed by atoms with E-state index in [4.69, 9.17) is 28.4 Å². The molecule has 6 bridgehead atoms. The molecule has 5 aromatic carbocycles. The molecule has 4 aliphatic rings. The van der Waals surface area contributed by atoms with Crippen molar-refractivity contribution in [2.24, 2.45) is 0 Å².